The van der Waals surface area contributed by atoms with Crippen LogP contribution in [-0.4, -0.2) is 34.8 Å². The topological polar surface area (TPSA) is 55.6 Å². The monoisotopic (exact) mass is 263 g/mol. The lowest BCUT2D eigenvalue weighted by Gasteiger charge is -2.36. The fraction of sp³-hybridized carbons (Fsp3) is 0.133. The van der Waals surface area contributed by atoms with E-state index in [9.17, 15) is 0 Å². The van der Waals surface area contributed by atoms with Gasteiger partial charge in [0.15, 0.2) is 5.82 Å². The Morgan fingerprint density at radius 3 is 2.75 bits per heavy atom. The van der Waals surface area contributed by atoms with Gasteiger partial charge in [-0.05, 0) is 24.3 Å². The second-order valence-corrected chi connectivity index (χ2v) is 4.73. The Morgan fingerprint density at radius 2 is 1.90 bits per heavy atom. The summed E-state index contributed by atoms with van der Waals surface area (Å²) in [5.74, 6) is 2.06. The smallest absolute Gasteiger partial charge is 0.210 e. The molecule has 0 bridgehead atoms. The Hall–Kier alpha value is -2.69. The highest BCUT2D eigenvalue weighted by atomic mass is 15.4. The van der Waals surface area contributed by atoms with Crippen LogP contribution < -0.4 is 4.90 Å². The van der Waals surface area contributed by atoms with E-state index in [0.29, 0.717) is 5.96 Å². The molecule has 4 rings (SSSR count). The number of hydrogen-bond acceptors (Lipinski definition) is 3. The molecule has 0 aliphatic carbocycles. The molecule has 2 aliphatic rings. The van der Waals surface area contributed by atoms with Crippen LogP contribution in [0.4, 0.5) is 11.5 Å². The molecule has 0 saturated heterocycles. The van der Waals surface area contributed by atoms with E-state index in [4.69, 9.17) is 5.41 Å². The summed E-state index contributed by atoms with van der Waals surface area (Å²) >= 11 is 0. The third-order valence-electron chi connectivity index (χ3n) is 3.56. The van der Waals surface area contributed by atoms with Crippen LogP contribution in [0.5, 0.6) is 0 Å². The quantitative estimate of drug-likeness (QED) is 0.858. The predicted molar refractivity (Wildman–Crippen MR) is 78.7 cm³/mol. The fourth-order valence-electron chi connectivity index (χ4n) is 2.68. The first kappa shape index (κ1) is 11.2. The number of amidine groups is 1. The van der Waals surface area contributed by atoms with Crippen LogP contribution in [0.25, 0.3) is 0 Å². The zero-order valence-electron chi connectivity index (χ0n) is 10.8. The highest BCUT2D eigenvalue weighted by Crippen LogP contribution is 2.33. The van der Waals surface area contributed by atoms with Gasteiger partial charge in [-0.15, -0.1) is 0 Å². The number of fused-ring (bicyclic) bond motifs is 3. The van der Waals surface area contributed by atoms with Crippen molar-refractivity contribution in [3.63, 3.8) is 0 Å². The van der Waals surface area contributed by atoms with Crippen molar-refractivity contribution in [2.45, 2.75) is 0 Å². The molecule has 5 nitrogen and oxygen atoms in total. The maximum absolute atomic E-state index is 8.47. The van der Waals surface area contributed by atoms with Crippen molar-refractivity contribution in [2.24, 2.45) is 4.99 Å². The summed E-state index contributed by atoms with van der Waals surface area (Å²) in [5.41, 5.74) is 1.94. The second-order valence-electron chi connectivity index (χ2n) is 4.73. The van der Waals surface area contributed by atoms with E-state index in [2.05, 4.69) is 9.98 Å². The number of anilines is 2. The molecule has 5 heteroatoms. The van der Waals surface area contributed by atoms with E-state index >= 15 is 0 Å². The molecular weight excluding hydrogens is 250 g/mol. The molecule has 98 valence electrons. The first-order valence-corrected chi connectivity index (χ1v) is 6.57. The van der Waals surface area contributed by atoms with Gasteiger partial charge in [0.2, 0.25) is 5.96 Å². The number of guanidine groups is 1. The van der Waals surface area contributed by atoms with Crippen molar-refractivity contribution in [3.8, 4) is 0 Å². The Morgan fingerprint density at radius 1 is 1.05 bits per heavy atom. The van der Waals surface area contributed by atoms with Gasteiger partial charge in [-0.1, -0.05) is 18.2 Å². The number of nitrogens with zero attached hydrogens (tertiary/aromatic N) is 4. The predicted octanol–water partition coefficient (Wildman–Crippen LogP) is 2.23. The van der Waals surface area contributed by atoms with Crippen LogP contribution in [0.1, 0.15) is 5.56 Å². The van der Waals surface area contributed by atoms with E-state index in [-0.39, 0.29) is 0 Å². The lowest BCUT2D eigenvalue weighted by molar-refractivity contribution is 0.642. The number of pyridine rings is 1. The second kappa shape index (κ2) is 4.16. The van der Waals surface area contributed by atoms with E-state index in [1.165, 1.54) is 0 Å². The molecule has 20 heavy (non-hydrogen) atoms. The Kier molecular flexibility index (Phi) is 2.32. The van der Waals surface area contributed by atoms with Crippen molar-refractivity contribution in [2.75, 3.05) is 18.0 Å². The van der Waals surface area contributed by atoms with Crippen LogP contribution in [0.3, 0.4) is 0 Å². The summed E-state index contributed by atoms with van der Waals surface area (Å²) in [6.45, 7) is 1.49. The molecule has 1 aromatic heterocycles. The van der Waals surface area contributed by atoms with Crippen molar-refractivity contribution in [1.82, 2.24) is 9.88 Å². The van der Waals surface area contributed by atoms with Gasteiger partial charge >= 0.3 is 0 Å². The number of rotatable bonds is 1. The van der Waals surface area contributed by atoms with Gasteiger partial charge in [0.1, 0.15) is 5.84 Å². The molecule has 1 N–H and O–H groups in total. The van der Waals surface area contributed by atoms with Gasteiger partial charge in [-0.2, -0.15) is 0 Å². The normalized spacial score (nSPS) is 16.8. The molecule has 0 amide bonds. The minimum absolute atomic E-state index is 0.415. The summed E-state index contributed by atoms with van der Waals surface area (Å²) in [5, 5.41) is 8.47. The summed E-state index contributed by atoms with van der Waals surface area (Å²) < 4.78 is 0. The van der Waals surface area contributed by atoms with Crippen LogP contribution in [0.2, 0.25) is 0 Å². The van der Waals surface area contributed by atoms with Crippen LogP contribution in [-0.2, 0) is 0 Å². The Bertz CT molecular complexity index is 707. The number of hydrogen-bond donors (Lipinski definition) is 1. The third kappa shape index (κ3) is 1.46. The average molecular weight is 263 g/mol. The zero-order chi connectivity index (χ0) is 13.5. The van der Waals surface area contributed by atoms with E-state index in [0.717, 1.165) is 36.0 Å². The van der Waals surface area contributed by atoms with Crippen LogP contribution >= 0.6 is 0 Å². The molecule has 3 heterocycles. The van der Waals surface area contributed by atoms with Crippen molar-refractivity contribution >= 4 is 23.3 Å². The lowest BCUT2D eigenvalue weighted by atomic mass is 10.1. The van der Waals surface area contributed by atoms with Gasteiger partial charge in [-0.3, -0.25) is 20.2 Å². The van der Waals surface area contributed by atoms with Crippen LogP contribution in [0.15, 0.2) is 53.7 Å². The highest BCUT2D eigenvalue weighted by Gasteiger charge is 2.36. The van der Waals surface area contributed by atoms with E-state index in [1.54, 1.807) is 6.20 Å². The van der Waals surface area contributed by atoms with Crippen molar-refractivity contribution in [1.29, 1.82) is 5.41 Å². The number of aliphatic imine (C=N–C) groups is 1. The molecule has 0 unspecified atom stereocenters. The number of nitrogens with one attached hydrogen (secondary N) is 1. The number of aromatic nitrogens is 1. The third-order valence-corrected chi connectivity index (χ3v) is 3.56. The van der Waals surface area contributed by atoms with Gasteiger partial charge < -0.3 is 0 Å². The summed E-state index contributed by atoms with van der Waals surface area (Å²) in [6, 6.07) is 13.8. The molecule has 2 aromatic rings. The maximum atomic E-state index is 8.47. The highest BCUT2D eigenvalue weighted by molar-refractivity contribution is 6.22. The zero-order valence-corrected chi connectivity index (χ0v) is 10.8. The minimum atomic E-state index is 0.415. The van der Waals surface area contributed by atoms with Crippen molar-refractivity contribution < 1.29 is 0 Å². The molecule has 0 fully saturated rings. The van der Waals surface area contributed by atoms with Crippen molar-refractivity contribution in [3.05, 3.63) is 54.2 Å². The largest absolute Gasteiger partial charge is 0.294 e. The Labute approximate surface area is 116 Å². The molecule has 0 spiro atoms. The SMILES string of the molecule is N=C1N2CCN=C2c2cccnc2N1c1ccccc1. The van der Waals surface area contributed by atoms with Gasteiger partial charge in [-0.25, -0.2) is 4.98 Å². The fourth-order valence-corrected chi connectivity index (χ4v) is 2.68. The molecule has 0 radical (unpaired) electrons. The summed E-state index contributed by atoms with van der Waals surface area (Å²) in [7, 11) is 0. The standard InChI is InChI=1S/C15H13N5/c16-15-19-10-9-18-13(19)12-7-4-8-17-14(12)20(15)11-5-2-1-3-6-11/h1-8,16H,9-10H2. The molecule has 2 aliphatic heterocycles. The van der Waals surface area contributed by atoms with Gasteiger partial charge in [0, 0.05) is 12.7 Å². The van der Waals surface area contributed by atoms with E-state index < -0.39 is 0 Å². The molecule has 0 atom stereocenters. The van der Waals surface area contributed by atoms with Crippen LogP contribution in [0, 0.1) is 5.41 Å². The summed E-state index contributed by atoms with van der Waals surface area (Å²) in [4.78, 5) is 12.8. The molecule has 1 aromatic carbocycles. The summed E-state index contributed by atoms with van der Waals surface area (Å²) in [6.07, 6.45) is 1.76. The molecule has 0 saturated carbocycles. The minimum Gasteiger partial charge on any atom is -0.294 e. The van der Waals surface area contributed by atoms with Gasteiger partial charge in [0.05, 0.1) is 17.8 Å². The molecular formula is C15H13N5. The lowest BCUT2D eigenvalue weighted by Crippen LogP contribution is -2.48. The first-order chi connectivity index (χ1) is 9.86. The van der Waals surface area contributed by atoms with E-state index in [1.807, 2.05) is 52.3 Å². The maximum Gasteiger partial charge on any atom is 0.210 e. The Balaban J connectivity index is 1.94. The van der Waals surface area contributed by atoms with Gasteiger partial charge in [0.25, 0.3) is 0 Å². The average Bonchev–Trinajstić information content (AvgIpc) is 2.99. The first-order valence-electron chi connectivity index (χ1n) is 6.57. The number of benzene rings is 1. The number of para-hydroxylation sites is 1.